The number of thiazole rings is 1. The minimum atomic E-state index is -0.0556. The number of hydrogen-bond acceptors (Lipinski definition) is 5. The molecule has 18 heavy (non-hydrogen) atoms. The van der Waals surface area contributed by atoms with Crippen LogP contribution in [0.3, 0.4) is 0 Å². The Bertz CT molecular complexity index is 467. The summed E-state index contributed by atoms with van der Waals surface area (Å²) >= 11 is 3.13. The van der Waals surface area contributed by atoms with E-state index >= 15 is 0 Å². The van der Waals surface area contributed by atoms with Gasteiger partial charge < -0.3 is 10.6 Å². The van der Waals surface area contributed by atoms with Crippen LogP contribution in [0.5, 0.6) is 0 Å². The Hall–Kier alpha value is -1.24. The van der Waals surface area contributed by atoms with Gasteiger partial charge in [-0.3, -0.25) is 4.79 Å². The van der Waals surface area contributed by atoms with Crippen LogP contribution in [0.1, 0.15) is 24.3 Å². The van der Waals surface area contributed by atoms with Crippen LogP contribution in [0.15, 0.2) is 29.1 Å². The molecule has 2 aromatic heterocycles. The zero-order chi connectivity index (χ0) is 12.8. The monoisotopic (exact) mass is 281 g/mol. The van der Waals surface area contributed by atoms with E-state index in [0.717, 1.165) is 6.42 Å². The third kappa shape index (κ3) is 3.63. The number of carbonyl (C=O) groups excluding carboxylic acids is 1. The number of nitrogens with zero attached hydrogens (tertiary/aromatic N) is 1. The molecule has 0 bridgehead atoms. The lowest BCUT2D eigenvalue weighted by molar-refractivity contribution is -0.115. The summed E-state index contributed by atoms with van der Waals surface area (Å²) in [5.41, 5.74) is 0. The first kappa shape index (κ1) is 13.2. The molecule has 0 spiro atoms. The number of amides is 1. The fraction of sp³-hybridized carbons (Fsp3) is 0.333. The molecule has 2 heterocycles. The van der Waals surface area contributed by atoms with Crippen molar-refractivity contribution in [3.63, 3.8) is 0 Å². The number of anilines is 1. The molecule has 2 rings (SSSR count). The summed E-state index contributed by atoms with van der Waals surface area (Å²) in [5, 5.41) is 10.5. The first-order valence-electron chi connectivity index (χ1n) is 5.75. The van der Waals surface area contributed by atoms with Gasteiger partial charge in [-0.1, -0.05) is 13.0 Å². The summed E-state index contributed by atoms with van der Waals surface area (Å²) in [5.74, 6) is -0.0556. The molecule has 4 nitrogen and oxygen atoms in total. The molecule has 0 aromatic carbocycles. The van der Waals surface area contributed by atoms with Crippen molar-refractivity contribution < 1.29 is 4.79 Å². The van der Waals surface area contributed by atoms with Crippen molar-refractivity contribution in [3.05, 3.63) is 34.0 Å². The largest absolute Gasteiger partial charge is 0.301 e. The van der Waals surface area contributed by atoms with Gasteiger partial charge in [-0.2, -0.15) is 0 Å². The normalized spacial score (nSPS) is 12.3. The van der Waals surface area contributed by atoms with Crippen molar-refractivity contribution in [1.82, 2.24) is 10.3 Å². The second-order valence-corrected chi connectivity index (χ2v) is 5.62. The Labute approximate surface area is 114 Å². The van der Waals surface area contributed by atoms with Crippen molar-refractivity contribution >= 4 is 33.7 Å². The summed E-state index contributed by atoms with van der Waals surface area (Å²) < 4.78 is 0. The third-order valence-corrected chi connectivity index (χ3v) is 4.16. The Morgan fingerprint density at radius 3 is 2.94 bits per heavy atom. The molecule has 0 aliphatic carbocycles. The van der Waals surface area contributed by atoms with Crippen LogP contribution in [0.25, 0.3) is 0 Å². The maximum atomic E-state index is 11.7. The van der Waals surface area contributed by atoms with Crippen LogP contribution < -0.4 is 10.6 Å². The highest BCUT2D eigenvalue weighted by Gasteiger charge is 2.11. The number of carbonyl (C=O) groups is 1. The van der Waals surface area contributed by atoms with Crippen LogP contribution in [0.4, 0.5) is 5.13 Å². The predicted octanol–water partition coefficient (Wildman–Crippen LogP) is 2.88. The van der Waals surface area contributed by atoms with Gasteiger partial charge in [0.2, 0.25) is 5.91 Å². The van der Waals surface area contributed by atoms with E-state index in [9.17, 15) is 4.79 Å². The van der Waals surface area contributed by atoms with E-state index < -0.39 is 0 Å². The van der Waals surface area contributed by atoms with Gasteiger partial charge in [0.15, 0.2) is 5.13 Å². The van der Waals surface area contributed by atoms with E-state index in [2.05, 4.69) is 34.0 Å². The molecule has 0 saturated carbocycles. The molecule has 96 valence electrons. The molecule has 2 aromatic rings. The van der Waals surface area contributed by atoms with Crippen LogP contribution in [-0.4, -0.2) is 17.4 Å². The summed E-state index contributed by atoms with van der Waals surface area (Å²) in [6.07, 6.45) is 2.64. The minimum absolute atomic E-state index is 0.0556. The van der Waals surface area contributed by atoms with Crippen LogP contribution in [0.2, 0.25) is 0 Å². The number of aromatic nitrogens is 1. The Kier molecular flexibility index (Phi) is 4.86. The Balaban J connectivity index is 1.81. The van der Waals surface area contributed by atoms with Gasteiger partial charge in [0.25, 0.3) is 0 Å². The lowest BCUT2D eigenvalue weighted by atomic mass is 10.2. The van der Waals surface area contributed by atoms with Crippen LogP contribution >= 0.6 is 22.7 Å². The van der Waals surface area contributed by atoms with Crippen LogP contribution in [0, 0.1) is 0 Å². The third-order valence-electron chi connectivity index (χ3n) is 2.48. The van der Waals surface area contributed by atoms with E-state index in [1.54, 1.807) is 17.5 Å². The average molecular weight is 281 g/mol. The summed E-state index contributed by atoms with van der Waals surface area (Å²) in [6, 6.07) is 4.36. The molecule has 2 N–H and O–H groups in total. The van der Waals surface area contributed by atoms with Crippen molar-refractivity contribution in [1.29, 1.82) is 0 Å². The number of rotatable bonds is 6. The molecule has 0 aliphatic heterocycles. The van der Waals surface area contributed by atoms with Crippen molar-refractivity contribution in [2.24, 2.45) is 0 Å². The Morgan fingerprint density at radius 2 is 2.33 bits per heavy atom. The number of nitrogens with one attached hydrogen (secondary N) is 2. The van der Waals surface area contributed by atoms with Gasteiger partial charge in [0.1, 0.15) is 0 Å². The molecule has 1 unspecified atom stereocenters. The van der Waals surface area contributed by atoms with Gasteiger partial charge in [-0.25, -0.2) is 4.98 Å². The number of hydrogen-bond donors (Lipinski definition) is 2. The molecule has 1 atom stereocenters. The first-order chi connectivity index (χ1) is 8.79. The lowest BCUT2D eigenvalue weighted by Gasteiger charge is -2.14. The highest BCUT2D eigenvalue weighted by Crippen LogP contribution is 2.21. The average Bonchev–Trinajstić information content (AvgIpc) is 3.02. The molecule has 6 heteroatoms. The van der Waals surface area contributed by atoms with Crippen molar-refractivity contribution in [2.75, 3.05) is 11.9 Å². The van der Waals surface area contributed by atoms with E-state index in [-0.39, 0.29) is 11.9 Å². The zero-order valence-corrected chi connectivity index (χ0v) is 11.7. The van der Waals surface area contributed by atoms with E-state index in [1.807, 2.05) is 11.4 Å². The van der Waals surface area contributed by atoms with E-state index in [1.165, 1.54) is 16.2 Å². The lowest BCUT2D eigenvalue weighted by Crippen LogP contribution is -2.30. The molecule has 0 aliphatic rings. The standard InChI is InChI=1S/C12H15N3OS2/c1-2-9(10-4-3-6-17-10)14-8-11(16)15-12-13-5-7-18-12/h3-7,9,14H,2,8H2,1H3,(H,13,15,16). The summed E-state index contributed by atoms with van der Waals surface area (Å²) in [4.78, 5) is 17.0. The second kappa shape index (κ2) is 6.63. The maximum absolute atomic E-state index is 11.7. The van der Waals surface area contributed by atoms with Gasteiger partial charge in [0, 0.05) is 22.5 Å². The maximum Gasteiger partial charge on any atom is 0.240 e. The summed E-state index contributed by atoms with van der Waals surface area (Å²) in [7, 11) is 0. The molecule has 1 amide bonds. The topological polar surface area (TPSA) is 54.0 Å². The molecule has 0 saturated heterocycles. The second-order valence-electron chi connectivity index (χ2n) is 3.74. The van der Waals surface area contributed by atoms with E-state index in [4.69, 9.17) is 0 Å². The van der Waals surface area contributed by atoms with Gasteiger partial charge in [-0.15, -0.1) is 22.7 Å². The van der Waals surface area contributed by atoms with Gasteiger partial charge in [0.05, 0.1) is 6.54 Å². The minimum Gasteiger partial charge on any atom is -0.301 e. The molecule has 0 radical (unpaired) electrons. The Morgan fingerprint density at radius 1 is 1.44 bits per heavy atom. The molecule has 0 fully saturated rings. The predicted molar refractivity (Wildman–Crippen MR) is 76.1 cm³/mol. The molecular formula is C12H15N3OS2. The zero-order valence-electron chi connectivity index (χ0n) is 10.1. The highest BCUT2D eigenvalue weighted by atomic mass is 32.1. The fourth-order valence-electron chi connectivity index (χ4n) is 1.60. The fourth-order valence-corrected chi connectivity index (χ4v) is 3.03. The van der Waals surface area contributed by atoms with Crippen molar-refractivity contribution in [3.8, 4) is 0 Å². The first-order valence-corrected chi connectivity index (χ1v) is 7.51. The van der Waals surface area contributed by atoms with Crippen molar-refractivity contribution in [2.45, 2.75) is 19.4 Å². The summed E-state index contributed by atoms with van der Waals surface area (Å²) in [6.45, 7) is 2.41. The van der Waals surface area contributed by atoms with Crippen LogP contribution in [-0.2, 0) is 4.79 Å². The van der Waals surface area contributed by atoms with E-state index in [0.29, 0.717) is 11.7 Å². The number of thiophene rings is 1. The highest BCUT2D eigenvalue weighted by molar-refractivity contribution is 7.13. The SMILES string of the molecule is CCC(NCC(=O)Nc1nccs1)c1cccs1. The van der Waals surface area contributed by atoms with Gasteiger partial charge >= 0.3 is 0 Å². The molecular weight excluding hydrogens is 266 g/mol. The smallest absolute Gasteiger partial charge is 0.240 e. The quantitative estimate of drug-likeness (QED) is 0.856. The van der Waals surface area contributed by atoms with Gasteiger partial charge in [-0.05, 0) is 17.9 Å².